The third-order valence-electron chi connectivity index (χ3n) is 2.28. The molecule has 0 saturated carbocycles. The van der Waals surface area contributed by atoms with Crippen molar-refractivity contribution >= 4 is 0 Å². The van der Waals surface area contributed by atoms with Crippen LogP contribution in [-0.2, 0) is 0 Å². The van der Waals surface area contributed by atoms with Gasteiger partial charge >= 0.3 is 0 Å². The molecule has 1 aromatic heterocycles. The topological polar surface area (TPSA) is 32.9 Å². The molecule has 76 valence electrons. The molecule has 0 aliphatic rings. The Labute approximate surface area is 86.4 Å². The van der Waals surface area contributed by atoms with Gasteiger partial charge in [-0.1, -0.05) is 6.07 Å². The summed E-state index contributed by atoms with van der Waals surface area (Å²) >= 11 is 0. The lowest BCUT2D eigenvalue weighted by Gasteiger charge is -2.04. The van der Waals surface area contributed by atoms with Crippen LogP contribution in [0.1, 0.15) is 5.56 Å². The summed E-state index contributed by atoms with van der Waals surface area (Å²) in [5.74, 6) is -0.249. The minimum Gasteiger partial charge on any atom is -0.328 e. The molecule has 0 unspecified atom stereocenters. The van der Waals surface area contributed by atoms with Crippen molar-refractivity contribution in [2.24, 2.45) is 0 Å². The second-order valence-electron chi connectivity index (χ2n) is 3.40. The van der Waals surface area contributed by atoms with E-state index in [-0.39, 0.29) is 11.4 Å². The monoisotopic (exact) mass is 203 g/mol. The van der Waals surface area contributed by atoms with Crippen LogP contribution in [0.5, 0.6) is 0 Å². The summed E-state index contributed by atoms with van der Waals surface area (Å²) in [4.78, 5) is 13.5. The normalized spacial score (nSPS) is 10.3. The molecular formula is C12H10FNO. The lowest BCUT2D eigenvalue weighted by molar-refractivity contribution is 0.627. The summed E-state index contributed by atoms with van der Waals surface area (Å²) in [5.41, 5.74) is 2.51. The number of aromatic nitrogens is 1. The van der Waals surface area contributed by atoms with Crippen molar-refractivity contribution in [1.82, 2.24) is 4.98 Å². The first-order valence-electron chi connectivity index (χ1n) is 4.62. The van der Waals surface area contributed by atoms with Crippen LogP contribution in [0.3, 0.4) is 0 Å². The molecule has 0 radical (unpaired) electrons. The van der Waals surface area contributed by atoms with E-state index in [4.69, 9.17) is 0 Å². The van der Waals surface area contributed by atoms with E-state index in [1.807, 2.05) is 6.92 Å². The number of benzene rings is 1. The van der Waals surface area contributed by atoms with Gasteiger partial charge in [0.15, 0.2) is 0 Å². The van der Waals surface area contributed by atoms with Crippen LogP contribution in [0.15, 0.2) is 41.3 Å². The van der Waals surface area contributed by atoms with Crippen LogP contribution in [0.2, 0.25) is 0 Å². The molecule has 1 N–H and O–H groups in total. The van der Waals surface area contributed by atoms with E-state index in [1.54, 1.807) is 18.3 Å². The fourth-order valence-electron chi connectivity index (χ4n) is 1.53. The number of H-pyrrole nitrogens is 1. The van der Waals surface area contributed by atoms with Crippen molar-refractivity contribution in [3.8, 4) is 11.1 Å². The third-order valence-corrected chi connectivity index (χ3v) is 2.28. The maximum Gasteiger partial charge on any atom is 0.247 e. The standard InChI is InChI=1S/C12H10FNO/c1-8-6-10(13)3-4-11(8)9-2-5-12(15)14-7-9/h2-7H,1H3,(H,14,15). The lowest BCUT2D eigenvalue weighted by Crippen LogP contribution is -2.01. The molecule has 0 spiro atoms. The van der Waals surface area contributed by atoms with Gasteiger partial charge in [0.25, 0.3) is 0 Å². The van der Waals surface area contributed by atoms with E-state index in [2.05, 4.69) is 4.98 Å². The highest BCUT2D eigenvalue weighted by Crippen LogP contribution is 2.22. The number of hydrogen-bond donors (Lipinski definition) is 1. The Morgan fingerprint density at radius 2 is 2.00 bits per heavy atom. The highest BCUT2D eigenvalue weighted by molar-refractivity contribution is 5.65. The Hall–Kier alpha value is -1.90. The number of halogens is 1. The van der Waals surface area contributed by atoms with Gasteiger partial charge in [0.05, 0.1) is 0 Å². The molecule has 0 amide bonds. The minimum atomic E-state index is -0.249. The number of aromatic amines is 1. The molecule has 2 aromatic rings. The van der Waals surface area contributed by atoms with Gasteiger partial charge in [-0.25, -0.2) is 4.39 Å². The van der Waals surface area contributed by atoms with Gasteiger partial charge in [0.2, 0.25) is 5.56 Å². The van der Waals surface area contributed by atoms with Crippen LogP contribution < -0.4 is 5.56 Å². The highest BCUT2D eigenvalue weighted by Gasteiger charge is 2.02. The van der Waals surface area contributed by atoms with Crippen molar-refractivity contribution < 1.29 is 4.39 Å². The van der Waals surface area contributed by atoms with Crippen LogP contribution in [0.25, 0.3) is 11.1 Å². The van der Waals surface area contributed by atoms with E-state index in [9.17, 15) is 9.18 Å². The van der Waals surface area contributed by atoms with Gasteiger partial charge in [0, 0.05) is 12.3 Å². The van der Waals surface area contributed by atoms with Crippen LogP contribution in [-0.4, -0.2) is 4.98 Å². The molecule has 0 aliphatic carbocycles. The Morgan fingerprint density at radius 3 is 2.60 bits per heavy atom. The maximum atomic E-state index is 12.9. The largest absolute Gasteiger partial charge is 0.328 e. The second-order valence-corrected chi connectivity index (χ2v) is 3.40. The van der Waals surface area contributed by atoms with Crippen molar-refractivity contribution in [2.45, 2.75) is 6.92 Å². The summed E-state index contributed by atoms with van der Waals surface area (Å²) in [6.07, 6.45) is 1.63. The van der Waals surface area contributed by atoms with Crippen LogP contribution >= 0.6 is 0 Å². The summed E-state index contributed by atoms with van der Waals surface area (Å²) < 4.78 is 12.9. The second kappa shape index (κ2) is 3.69. The smallest absolute Gasteiger partial charge is 0.247 e. The average Bonchev–Trinajstić information content (AvgIpc) is 2.20. The summed E-state index contributed by atoms with van der Waals surface area (Å²) in [7, 11) is 0. The number of nitrogens with one attached hydrogen (secondary N) is 1. The van der Waals surface area contributed by atoms with Gasteiger partial charge in [-0.05, 0) is 41.8 Å². The number of rotatable bonds is 1. The van der Waals surface area contributed by atoms with Gasteiger partial charge < -0.3 is 4.98 Å². The molecule has 15 heavy (non-hydrogen) atoms. The fraction of sp³-hybridized carbons (Fsp3) is 0.0833. The minimum absolute atomic E-state index is 0.140. The molecule has 0 bridgehead atoms. The number of hydrogen-bond acceptors (Lipinski definition) is 1. The number of pyridine rings is 1. The zero-order valence-corrected chi connectivity index (χ0v) is 8.25. The molecule has 2 rings (SSSR count). The summed E-state index contributed by atoms with van der Waals surface area (Å²) in [6, 6.07) is 7.77. The average molecular weight is 203 g/mol. The molecule has 0 atom stereocenters. The van der Waals surface area contributed by atoms with Gasteiger partial charge in [-0.15, -0.1) is 0 Å². The van der Waals surface area contributed by atoms with Crippen molar-refractivity contribution in [2.75, 3.05) is 0 Å². The van der Waals surface area contributed by atoms with Crippen molar-refractivity contribution in [3.05, 3.63) is 58.3 Å². The van der Waals surface area contributed by atoms with Gasteiger partial charge in [0.1, 0.15) is 5.82 Å². The molecule has 1 heterocycles. The summed E-state index contributed by atoms with van der Waals surface area (Å²) in [5, 5.41) is 0. The maximum absolute atomic E-state index is 12.9. The lowest BCUT2D eigenvalue weighted by atomic mass is 10.0. The Bertz CT molecular complexity index is 525. The zero-order valence-electron chi connectivity index (χ0n) is 8.25. The van der Waals surface area contributed by atoms with Crippen LogP contribution in [0.4, 0.5) is 4.39 Å². The molecule has 1 aromatic carbocycles. The first-order chi connectivity index (χ1) is 7.16. The van der Waals surface area contributed by atoms with Crippen molar-refractivity contribution in [3.63, 3.8) is 0 Å². The van der Waals surface area contributed by atoms with Crippen molar-refractivity contribution in [1.29, 1.82) is 0 Å². The van der Waals surface area contributed by atoms with Crippen LogP contribution in [0, 0.1) is 12.7 Å². The third kappa shape index (κ3) is 1.96. The van der Waals surface area contributed by atoms with E-state index in [0.29, 0.717) is 0 Å². The summed E-state index contributed by atoms with van der Waals surface area (Å²) in [6.45, 7) is 1.84. The predicted molar refractivity (Wildman–Crippen MR) is 57.2 cm³/mol. The van der Waals surface area contributed by atoms with Gasteiger partial charge in [-0.3, -0.25) is 4.79 Å². The quantitative estimate of drug-likeness (QED) is 0.758. The van der Waals surface area contributed by atoms with Gasteiger partial charge in [-0.2, -0.15) is 0 Å². The first kappa shape index (κ1) is 9.65. The predicted octanol–water partition coefficient (Wildman–Crippen LogP) is 2.49. The Balaban J connectivity index is 2.54. The zero-order chi connectivity index (χ0) is 10.8. The number of aryl methyl sites for hydroxylation is 1. The first-order valence-corrected chi connectivity index (χ1v) is 4.62. The SMILES string of the molecule is Cc1cc(F)ccc1-c1ccc(=O)[nH]c1. The fourth-order valence-corrected chi connectivity index (χ4v) is 1.53. The van der Waals surface area contributed by atoms with E-state index < -0.39 is 0 Å². The van der Waals surface area contributed by atoms with E-state index >= 15 is 0 Å². The molecule has 0 fully saturated rings. The Morgan fingerprint density at radius 1 is 1.20 bits per heavy atom. The van der Waals surface area contributed by atoms with E-state index in [0.717, 1.165) is 16.7 Å². The van der Waals surface area contributed by atoms with E-state index in [1.165, 1.54) is 18.2 Å². The molecule has 2 nitrogen and oxygen atoms in total. The molecular weight excluding hydrogens is 193 g/mol. The molecule has 0 saturated heterocycles. The highest BCUT2D eigenvalue weighted by atomic mass is 19.1. The Kier molecular flexibility index (Phi) is 2.37. The molecule has 3 heteroatoms. The molecule has 0 aliphatic heterocycles.